The largest absolute Gasteiger partial charge is 0.297 e. The monoisotopic (exact) mass is 374 g/mol. The van der Waals surface area contributed by atoms with E-state index in [1.807, 2.05) is 10.6 Å². The van der Waals surface area contributed by atoms with Crippen LogP contribution in [0.4, 0.5) is 5.95 Å². The van der Waals surface area contributed by atoms with E-state index in [1.54, 1.807) is 0 Å². The van der Waals surface area contributed by atoms with Gasteiger partial charge in [0.1, 0.15) is 5.82 Å². The number of anilines is 1. The summed E-state index contributed by atoms with van der Waals surface area (Å²) in [5, 5.41) is 19.3. The van der Waals surface area contributed by atoms with E-state index in [0.29, 0.717) is 11.5 Å². The Labute approximate surface area is 151 Å². The molecule has 26 heavy (non-hydrogen) atoms. The van der Waals surface area contributed by atoms with E-state index in [0.717, 1.165) is 31.6 Å². The fraction of sp³-hybridized carbons (Fsp3) is 0.375. The summed E-state index contributed by atoms with van der Waals surface area (Å²) in [5.41, 5.74) is 0.314. The topological polar surface area (TPSA) is 130 Å². The van der Waals surface area contributed by atoms with Crippen molar-refractivity contribution in [3.05, 3.63) is 35.7 Å². The third-order valence-corrected chi connectivity index (χ3v) is 5.52. The molecule has 0 saturated carbocycles. The molecule has 0 radical (unpaired) electrons. The van der Waals surface area contributed by atoms with Crippen molar-refractivity contribution in [1.29, 1.82) is 5.26 Å². The zero-order valence-electron chi connectivity index (χ0n) is 14.0. The molecule has 1 aromatic heterocycles. The number of sulfonamides is 1. The summed E-state index contributed by atoms with van der Waals surface area (Å²) in [5.74, 6) is 0.878. The highest BCUT2D eigenvalue weighted by molar-refractivity contribution is 7.89. The first-order chi connectivity index (χ1) is 12.5. The summed E-state index contributed by atoms with van der Waals surface area (Å²) in [7, 11) is -3.70. The maximum absolute atomic E-state index is 12.4. The molecule has 2 aromatic rings. The summed E-state index contributed by atoms with van der Waals surface area (Å²) >= 11 is 0. The number of aryl methyl sites for hydroxylation is 1. The fourth-order valence-corrected chi connectivity index (χ4v) is 3.72. The minimum absolute atomic E-state index is 0.0341. The number of nitrogens with zero attached hydrogens (tertiary/aromatic N) is 4. The Kier molecular flexibility index (Phi) is 5.29. The van der Waals surface area contributed by atoms with Crippen LogP contribution >= 0.6 is 0 Å². The molecule has 1 aromatic carbocycles. The Balaban J connectivity index is 1.69. The Bertz CT molecular complexity index is 943. The van der Waals surface area contributed by atoms with Crippen molar-refractivity contribution in [2.75, 3.05) is 11.9 Å². The molecule has 0 atom stereocenters. The lowest BCUT2D eigenvalue weighted by Gasteiger charge is -2.14. The lowest BCUT2D eigenvalue weighted by molar-refractivity contribution is 0.102. The van der Waals surface area contributed by atoms with Crippen LogP contribution in [-0.2, 0) is 23.0 Å². The molecule has 0 unspecified atom stereocenters. The molecule has 0 bridgehead atoms. The second-order valence-corrected chi connectivity index (χ2v) is 7.60. The first kappa shape index (κ1) is 18.0. The molecule has 1 aliphatic rings. The summed E-state index contributed by atoms with van der Waals surface area (Å²) in [6.45, 7) is 0.808. The van der Waals surface area contributed by atoms with Gasteiger partial charge in [0, 0.05) is 31.5 Å². The van der Waals surface area contributed by atoms with Crippen LogP contribution in [0.2, 0.25) is 0 Å². The molecule has 136 valence electrons. The number of hydrogen-bond acceptors (Lipinski definition) is 6. The quantitative estimate of drug-likeness (QED) is 0.727. The smallest absolute Gasteiger partial charge is 0.258 e. The van der Waals surface area contributed by atoms with E-state index >= 15 is 0 Å². The fourth-order valence-electron chi connectivity index (χ4n) is 2.68. The van der Waals surface area contributed by atoms with Gasteiger partial charge in [-0.05, 0) is 37.1 Å². The SMILES string of the molecule is N#CCCNS(=O)(=O)c1ccc(C(=O)Nc2nnc3n2CCCC3)cc1. The van der Waals surface area contributed by atoms with Gasteiger partial charge in [-0.2, -0.15) is 5.26 Å². The van der Waals surface area contributed by atoms with E-state index in [-0.39, 0.29) is 23.8 Å². The summed E-state index contributed by atoms with van der Waals surface area (Å²) in [4.78, 5) is 12.4. The van der Waals surface area contributed by atoms with Crippen molar-refractivity contribution < 1.29 is 13.2 Å². The lowest BCUT2D eigenvalue weighted by atomic mass is 10.2. The highest BCUT2D eigenvalue weighted by Crippen LogP contribution is 2.18. The zero-order valence-corrected chi connectivity index (χ0v) is 14.8. The molecule has 10 heteroatoms. The normalized spacial score (nSPS) is 13.7. The lowest BCUT2D eigenvalue weighted by Crippen LogP contribution is -2.24. The Morgan fingerprint density at radius 1 is 1.23 bits per heavy atom. The van der Waals surface area contributed by atoms with Crippen molar-refractivity contribution in [2.45, 2.75) is 37.1 Å². The Hall–Kier alpha value is -2.77. The van der Waals surface area contributed by atoms with E-state index in [9.17, 15) is 13.2 Å². The Morgan fingerprint density at radius 2 is 2.00 bits per heavy atom. The van der Waals surface area contributed by atoms with Crippen molar-refractivity contribution in [1.82, 2.24) is 19.5 Å². The highest BCUT2D eigenvalue weighted by Gasteiger charge is 2.19. The number of nitriles is 1. The van der Waals surface area contributed by atoms with Crippen molar-refractivity contribution in [3.8, 4) is 6.07 Å². The minimum Gasteiger partial charge on any atom is -0.297 e. The standard InChI is InChI=1S/C16H18N6O3S/c17-9-3-10-18-26(24,25)13-7-5-12(6-8-13)15(23)19-16-21-20-14-4-1-2-11-22(14)16/h5-8,18H,1-4,10-11H2,(H,19,21,23). The molecule has 9 nitrogen and oxygen atoms in total. The molecule has 0 fully saturated rings. The second-order valence-electron chi connectivity index (χ2n) is 5.83. The van der Waals surface area contributed by atoms with Crippen LogP contribution in [0, 0.1) is 11.3 Å². The number of benzene rings is 1. The van der Waals surface area contributed by atoms with Crippen LogP contribution in [0.15, 0.2) is 29.2 Å². The molecule has 0 spiro atoms. The zero-order chi connectivity index (χ0) is 18.6. The summed E-state index contributed by atoms with van der Waals surface area (Å²) < 4.78 is 28.3. The van der Waals surface area contributed by atoms with Gasteiger partial charge in [-0.25, -0.2) is 13.1 Å². The van der Waals surface area contributed by atoms with E-state index in [1.165, 1.54) is 24.3 Å². The molecule has 0 aliphatic carbocycles. The van der Waals surface area contributed by atoms with Crippen LogP contribution in [0.25, 0.3) is 0 Å². The molecule has 0 saturated heterocycles. The van der Waals surface area contributed by atoms with Gasteiger partial charge in [-0.15, -0.1) is 10.2 Å². The number of fused-ring (bicyclic) bond motifs is 1. The minimum atomic E-state index is -3.70. The predicted octanol–water partition coefficient (Wildman–Crippen LogP) is 1.06. The first-order valence-electron chi connectivity index (χ1n) is 8.21. The number of carbonyl (C=O) groups excluding carboxylic acids is 1. The van der Waals surface area contributed by atoms with Gasteiger partial charge in [0.05, 0.1) is 11.0 Å². The van der Waals surface area contributed by atoms with Gasteiger partial charge >= 0.3 is 0 Å². The number of hydrogen-bond donors (Lipinski definition) is 2. The maximum Gasteiger partial charge on any atom is 0.258 e. The molecular weight excluding hydrogens is 356 g/mol. The number of aromatic nitrogens is 3. The number of rotatable bonds is 6. The third-order valence-electron chi connectivity index (χ3n) is 4.04. The van der Waals surface area contributed by atoms with Crippen LogP contribution in [0.1, 0.15) is 35.4 Å². The molecule has 2 heterocycles. The van der Waals surface area contributed by atoms with E-state index in [4.69, 9.17) is 5.26 Å². The molecular formula is C16H18N6O3S. The van der Waals surface area contributed by atoms with Crippen molar-refractivity contribution >= 4 is 21.9 Å². The third kappa shape index (κ3) is 3.89. The first-order valence-corrected chi connectivity index (χ1v) is 9.70. The number of nitrogens with one attached hydrogen (secondary N) is 2. The molecule has 1 aliphatic heterocycles. The summed E-state index contributed by atoms with van der Waals surface area (Å²) in [6, 6.07) is 7.43. The van der Waals surface area contributed by atoms with E-state index < -0.39 is 10.0 Å². The van der Waals surface area contributed by atoms with Gasteiger partial charge in [-0.1, -0.05) is 0 Å². The second kappa shape index (κ2) is 7.63. The Morgan fingerprint density at radius 3 is 2.73 bits per heavy atom. The van der Waals surface area contributed by atoms with Crippen molar-refractivity contribution in [2.24, 2.45) is 0 Å². The average Bonchev–Trinajstić information content (AvgIpc) is 3.05. The van der Waals surface area contributed by atoms with E-state index in [2.05, 4.69) is 20.2 Å². The highest BCUT2D eigenvalue weighted by atomic mass is 32.2. The van der Waals surface area contributed by atoms with Gasteiger partial charge in [0.2, 0.25) is 16.0 Å². The van der Waals surface area contributed by atoms with Gasteiger partial charge in [-0.3, -0.25) is 14.7 Å². The molecule has 2 N–H and O–H groups in total. The van der Waals surface area contributed by atoms with Gasteiger partial charge in [0.25, 0.3) is 5.91 Å². The predicted molar refractivity (Wildman–Crippen MR) is 92.8 cm³/mol. The number of carbonyl (C=O) groups is 1. The van der Waals surface area contributed by atoms with Crippen molar-refractivity contribution in [3.63, 3.8) is 0 Å². The average molecular weight is 374 g/mol. The van der Waals surface area contributed by atoms with Crippen LogP contribution < -0.4 is 10.0 Å². The number of amides is 1. The van der Waals surface area contributed by atoms with Crippen LogP contribution in [0.3, 0.4) is 0 Å². The maximum atomic E-state index is 12.4. The van der Waals surface area contributed by atoms with Gasteiger partial charge < -0.3 is 0 Å². The van der Waals surface area contributed by atoms with Crippen LogP contribution in [-0.4, -0.2) is 35.6 Å². The summed E-state index contributed by atoms with van der Waals surface area (Å²) in [6.07, 6.45) is 3.00. The van der Waals surface area contributed by atoms with Crippen LogP contribution in [0.5, 0.6) is 0 Å². The van der Waals surface area contributed by atoms with Gasteiger partial charge in [0.15, 0.2) is 0 Å². The molecule has 3 rings (SSSR count). The molecule has 1 amide bonds.